The maximum Gasteiger partial charge on any atom is 0.322 e. The number of likely N-dealkylation sites (tertiary alicyclic amines) is 1. The van der Waals surface area contributed by atoms with Crippen molar-refractivity contribution in [3.63, 3.8) is 0 Å². The first-order chi connectivity index (χ1) is 15.0. The van der Waals surface area contributed by atoms with E-state index in [1.165, 1.54) is 12.1 Å². The molecule has 0 aliphatic carbocycles. The van der Waals surface area contributed by atoms with Gasteiger partial charge >= 0.3 is 6.03 Å². The van der Waals surface area contributed by atoms with Crippen LogP contribution in [0.4, 0.5) is 25.0 Å². The second-order valence-corrected chi connectivity index (χ2v) is 7.87. The fourth-order valence-electron chi connectivity index (χ4n) is 4.50. The Kier molecular flexibility index (Phi) is 6.15. The maximum absolute atomic E-state index is 14.6. The van der Waals surface area contributed by atoms with Gasteiger partial charge in [0.2, 0.25) is 0 Å². The molecule has 2 aliphatic rings. The van der Waals surface area contributed by atoms with Gasteiger partial charge in [-0.05, 0) is 49.9 Å². The quantitative estimate of drug-likeness (QED) is 0.728. The van der Waals surface area contributed by atoms with Gasteiger partial charge in [0, 0.05) is 37.0 Å². The molecule has 2 saturated heterocycles. The van der Waals surface area contributed by atoms with Crippen LogP contribution in [0.3, 0.4) is 0 Å². The minimum absolute atomic E-state index is 0.0162. The van der Waals surface area contributed by atoms with Crippen molar-refractivity contribution in [2.45, 2.75) is 31.7 Å². The zero-order valence-corrected chi connectivity index (χ0v) is 17.8. The van der Waals surface area contributed by atoms with Gasteiger partial charge < -0.3 is 24.6 Å². The molecule has 2 fully saturated rings. The van der Waals surface area contributed by atoms with Gasteiger partial charge in [0.15, 0.2) is 11.6 Å². The Hall–Kier alpha value is -3.03. The summed E-state index contributed by atoms with van der Waals surface area (Å²) in [6.45, 7) is 1.82. The number of nitrogens with zero attached hydrogens (tertiary/aromatic N) is 2. The average Bonchev–Trinajstić information content (AvgIpc) is 3.45. The highest BCUT2D eigenvalue weighted by Crippen LogP contribution is 2.39. The maximum atomic E-state index is 14.6. The van der Waals surface area contributed by atoms with E-state index in [-0.39, 0.29) is 17.4 Å². The Labute approximate surface area is 180 Å². The molecule has 0 aromatic heterocycles. The van der Waals surface area contributed by atoms with Gasteiger partial charge in [0.25, 0.3) is 0 Å². The number of hydrogen-bond acceptors (Lipinski definition) is 4. The first-order valence-corrected chi connectivity index (χ1v) is 10.6. The zero-order valence-electron chi connectivity index (χ0n) is 17.8. The van der Waals surface area contributed by atoms with Crippen LogP contribution in [0, 0.1) is 11.6 Å². The van der Waals surface area contributed by atoms with Gasteiger partial charge in [-0.3, -0.25) is 0 Å². The van der Waals surface area contributed by atoms with E-state index in [0.717, 1.165) is 31.2 Å². The van der Waals surface area contributed by atoms with Crippen molar-refractivity contribution < 1.29 is 23.0 Å². The standard InChI is InChI=1S/C23H27F2N3O3/c1-30-16-7-8-17(21(14-16)31-2)20-6-5-11-28(20)23(29)26-15-12-18(24)22(19(25)13-15)27-9-3-4-10-27/h7-8,12-14,20H,3-6,9-11H2,1-2H3,(H,26,29). The molecule has 1 atom stereocenters. The van der Waals surface area contributed by atoms with Crippen LogP contribution < -0.4 is 19.7 Å². The number of hydrogen-bond donors (Lipinski definition) is 1. The molecule has 2 aromatic rings. The van der Waals surface area contributed by atoms with Gasteiger partial charge in [0.1, 0.15) is 17.2 Å². The van der Waals surface area contributed by atoms with Crippen LogP contribution in [0.2, 0.25) is 0 Å². The van der Waals surface area contributed by atoms with Gasteiger partial charge in [0.05, 0.1) is 20.3 Å². The molecule has 6 nitrogen and oxygen atoms in total. The molecule has 0 radical (unpaired) electrons. The third kappa shape index (κ3) is 4.24. The molecule has 0 spiro atoms. The van der Waals surface area contributed by atoms with Crippen molar-refractivity contribution in [2.24, 2.45) is 0 Å². The SMILES string of the molecule is COc1ccc(C2CCCN2C(=O)Nc2cc(F)c(N3CCCC3)c(F)c2)c(OC)c1. The highest BCUT2D eigenvalue weighted by atomic mass is 19.1. The first-order valence-electron chi connectivity index (χ1n) is 10.6. The lowest BCUT2D eigenvalue weighted by molar-refractivity contribution is 0.206. The highest BCUT2D eigenvalue weighted by Gasteiger charge is 2.32. The molecule has 0 saturated carbocycles. The monoisotopic (exact) mass is 431 g/mol. The molecule has 0 bridgehead atoms. The van der Waals surface area contributed by atoms with E-state index in [0.29, 0.717) is 31.1 Å². The van der Waals surface area contributed by atoms with Crippen LogP contribution in [0.25, 0.3) is 0 Å². The molecule has 8 heteroatoms. The molecule has 1 N–H and O–H groups in total. The largest absolute Gasteiger partial charge is 0.497 e. The Balaban J connectivity index is 1.53. The van der Waals surface area contributed by atoms with Crippen LogP contribution in [0.1, 0.15) is 37.3 Å². The smallest absolute Gasteiger partial charge is 0.322 e. The number of ether oxygens (including phenoxy) is 2. The van der Waals surface area contributed by atoms with E-state index in [9.17, 15) is 13.6 Å². The van der Waals surface area contributed by atoms with E-state index in [1.807, 2.05) is 12.1 Å². The lowest BCUT2D eigenvalue weighted by Crippen LogP contribution is -2.34. The summed E-state index contributed by atoms with van der Waals surface area (Å²) in [4.78, 5) is 16.4. The molecular formula is C23H27F2N3O3. The summed E-state index contributed by atoms with van der Waals surface area (Å²) >= 11 is 0. The van der Waals surface area contributed by atoms with Crippen LogP contribution >= 0.6 is 0 Å². The van der Waals surface area contributed by atoms with Crippen molar-refractivity contribution in [3.05, 3.63) is 47.5 Å². The van der Waals surface area contributed by atoms with E-state index in [1.54, 1.807) is 30.1 Å². The molecule has 2 aliphatic heterocycles. The summed E-state index contributed by atoms with van der Waals surface area (Å²) in [5.74, 6) is -0.0197. The van der Waals surface area contributed by atoms with Crippen molar-refractivity contribution in [2.75, 3.05) is 44.1 Å². The number of nitrogens with one attached hydrogen (secondary N) is 1. The number of urea groups is 1. The van der Waals surface area contributed by atoms with Crippen LogP contribution in [0.5, 0.6) is 11.5 Å². The molecule has 1 unspecified atom stereocenters. The van der Waals surface area contributed by atoms with Crippen LogP contribution in [-0.4, -0.2) is 44.8 Å². The summed E-state index contributed by atoms with van der Waals surface area (Å²) < 4.78 is 40.0. The van der Waals surface area contributed by atoms with Gasteiger partial charge in [-0.25, -0.2) is 13.6 Å². The summed E-state index contributed by atoms with van der Waals surface area (Å²) in [6.07, 6.45) is 3.43. The molecular weight excluding hydrogens is 404 g/mol. The van der Waals surface area contributed by atoms with Crippen molar-refractivity contribution in [1.29, 1.82) is 0 Å². The third-order valence-electron chi connectivity index (χ3n) is 6.00. The predicted octanol–water partition coefficient (Wildman–Crippen LogP) is 4.95. The van der Waals surface area contributed by atoms with Crippen LogP contribution in [0.15, 0.2) is 30.3 Å². The summed E-state index contributed by atoms with van der Waals surface area (Å²) in [7, 11) is 3.15. The number of methoxy groups -OCH3 is 2. The van der Waals surface area contributed by atoms with Gasteiger partial charge in [-0.1, -0.05) is 0 Å². The first kappa shape index (κ1) is 21.2. The number of rotatable bonds is 5. The molecule has 31 heavy (non-hydrogen) atoms. The number of anilines is 2. The summed E-state index contributed by atoms with van der Waals surface area (Å²) in [6, 6.07) is 7.28. The minimum Gasteiger partial charge on any atom is -0.497 e. The Bertz CT molecular complexity index is 940. The highest BCUT2D eigenvalue weighted by molar-refractivity contribution is 5.90. The van der Waals surface area contributed by atoms with Crippen molar-refractivity contribution in [3.8, 4) is 11.5 Å². The second-order valence-electron chi connectivity index (χ2n) is 7.87. The average molecular weight is 431 g/mol. The number of benzene rings is 2. The summed E-state index contributed by atoms with van der Waals surface area (Å²) in [5.41, 5.74) is 0.963. The Morgan fingerprint density at radius 2 is 1.71 bits per heavy atom. The molecule has 2 aromatic carbocycles. The number of carbonyl (C=O) groups excluding carboxylic acids is 1. The van der Waals surface area contributed by atoms with E-state index in [4.69, 9.17) is 9.47 Å². The topological polar surface area (TPSA) is 54.0 Å². The minimum atomic E-state index is -0.660. The Morgan fingerprint density at radius 3 is 2.35 bits per heavy atom. The van der Waals surface area contributed by atoms with E-state index < -0.39 is 17.7 Å². The van der Waals surface area contributed by atoms with Gasteiger partial charge in [-0.2, -0.15) is 0 Å². The van der Waals surface area contributed by atoms with Crippen molar-refractivity contribution in [1.82, 2.24) is 4.90 Å². The molecule has 166 valence electrons. The third-order valence-corrected chi connectivity index (χ3v) is 6.00. The molecule has 2 heterocycles. The van der Waals surface area contributed by atoms with E-state index >= 15 is 0 Å². The lowest BCUT2D eigenvalue weighted by Gasteiger charge is -2.27. The normalized spacial score (nSPS) is 18.4. The fourth-order valence-corrected chi connectivity index (χ4v) is 4.50. The molecule has 2 amide bonds. The Morgan fingerprint density at radius 1 is 1.00 bits per heavy atom. The second kappa shape index (κ2) is 8.99. The lowest BCUT2D eigenvalue weighted by atomic mass is 10.0. The number of carbonyl (C=O) groups is 1. The van der Waals surface area contributed by atoms with Crippen molar-refractivity contribution >= 4 is 17.4 Å². The van der Waals surface area contributed by atoms with Gasteiger partial charge in [-0.15, -0.1) is 0 Å². The number of amides is 2. The van der Waals surface area contributed by atoms with E-state index in [2.05, 4.69) is 5.32 Å². The summed E-state index contributed by atoms with van der Waals surface area (Å²) in [5, 5.41) is 2.67. The molecule has 4 rings (SSSR count). The fraction of sp³-hybridized carbons (Fsp3) is 0.435. The zero-order chi connectivity index (χ0) is 22.0. The van der Waals surface area contributed by atoms with Crippen LogP contribution in [-0.2, 0) is 0 Å². The number of halogens is 2. The predicted molar refractivity (Wildman–Crippen MR) is 115 cm³/mol.